The molecule has 1 aromatic rings. The molecule has 0 aliphatic heterocycles. The Bertz CT molecular complexity index is 331. The molecule has 0 aliphatic rings. The van der Waals surface area contributed by atoms with Crippen LogP contribution in [0.1, 0.15) is 52.9 Å². The summed E-state index contributed by atoms with van der Waals surface area (Å²) in [6, 6.07) is 9.87. The molecule has 0 fully saturated rings. The number of aliphatic hydroxyl groups excluding tert-OH is 1. The van der Waals surface area contributed by atoms with Gasteiger partial charge in [0.1, 0.15) is 5.75 Å². The molecule has 0 aromatic heterocycles. The zero-order valence-corrected chi connectivity index (χ0v) is 13.3. The van der Waals surface area contributed by atoms with Crippen molar-refractivity contribution in [2.24, 2.45) is 5.92 Å². The first-order valence-corrected chi connectivity index (χ1v) is 7.61. The molecule has 0 radical (unpaired) electrons. The monoisotopic (exact) mass is 278 g/mol. The summed E-state index contributed by atoms with van der Waals surface area (Å²) in [7, 11) is 0. The molecular weight excluding hydrogens is 248 g/mol. The SMILES string of the molecule is C=C(CCCCCC(C)C)Oc1ccccc1.CCO. The van der Waals surface area contributed by atoms with Gasteiger partial charge in [0.2, 0.25) is 0 Å². The minimum absolute atomic E-state index is 0.250. The quantitative estimate of drug-likeness (QED) is 0.524. The molecule has 0 bridgehead atoms. The van der Waals surface area contributed by atoms with Crippen LogP contribution in [0.25, 0.3) is 0 Å². The Hall–Kier alpha value is -1.28. The molecule has 1 N–H and O–H groups in total. The van der Waals surface area contributed by atoms with Crippen molar-refractivity contribution >= 4 is 0 Å². The zero-order valence-electron chi connectivity index (χ0n) is 13.3. The van der Waals surface area contributed by atoms with Crippen LogP contribution in [0.15, 0.2) is 42.7 Å². The van der Waals surface area contributed by atoms with Crippen LogP contribution < -0.4 is 4.74 Å². The summed E-state index contributed by atoms with van der Waals surface area (Å²) < 4.78 is 5.65. The summed E-state index contributed by atoms with van der Waals surface area (Å²) in [6.45, 7) is 10.4. The second-order valence-electron chi connectivity index (χ2n) is 5.26. The van der Waals surface area contributed by atoms with Gasteiger partial charge in [0.15, 0.2) is 0 Å². The third kappa shape index (κ3) is 11.8. The molecule has 0 unspecified atom stereocenters. The number of aliphatic hydroxyl groups is 1. The molecule has 1 aromatic carbocycles. The number of allylic oxidation sites excluding steroid dienone is 1. The van der Waals surface area contributed by atoms with Crippen molar-refractivity contribution in [2.75, 3.05) is 6.61 Å². The van der Waals surface area contributed by atoms with Gasteiger partial charge in [0.25, 0.3) is 0 Å². The predicted molar refractivity (Wildman–Crippen MR) is 86.9 cm³/mol. The molecule has 0 saturated carbocycles. The summed E-state index contributed by atoms with van der Waals surface area (Å²) in [5.41, 5.74) is 0. The summed E-state index contributed by atoms with van der Waals surface area (Å²) in [5, 5.41) is 7.57. The van der Waals surface area contributed by atoms with Crippen LogP contribution in [-0.2, 0) is 0 Å². The van der Waals surface area contributed by atoms with E-state index in [4.69, 9.17) is 9.84 Å². The first kappa shape index (κ1) is 18.7. The third-order valence-corrected chi connectivity index (χ3v) is 2.74. The van der Waals surface area contributed by atoms with Crippen LogP contribution in [0, 0.1) is 5.92 Å². The summed E-state index contributed by atoms with van der Waals surface area (Å²) >= 11 is 0. The van der Waals surface area contributed by atoms with Gasteiger partial charge in [-0.15, -0.1) is 0 Å². The normalized spacial score (nSPS) is 9.85. The predicted octanol–water partition coefficient (Wildman–Crippen LogP) is 5.18. The van der Waals surface area contributed by atoms with Gasteiger partial charge < -0.3 is 9.84 Å². The van der Waals surface area contributed by atoms with Gasteiger partial charge in [-0.1, -0.05) is 57.9 Å². The lowest BCUT2D eigenvalue weighted by Gasteiger charge is -2.08. The van der Waals surface area contributed by atoms with Crippen molar-refractivity contribution in [1.29, 1.82) is 0 Å². The Morgan fingerprint density at radius 1 is 1.15 bits per heavy atom. The molecule has 20 heavy (non-hydrogen) atoms. The molecule has 0 atom stereocenters. The number of benzene rings is 1. The standard InChI is InChI=1S/C16H24O.C2H6O/c1-14(2)10-6-4-7-11-15(3)17-16-12-8-5-9-13-16;1-2-3/h5,8-9,12-14H,3-4,6-7,10-11H2,1-2H3;3H,2H2,1H3. The Morgan fingerprint density at radius 2 is 1.75 bits per heavy atom. The highest BCUT2D eigenvalue weighted by atomic mass is 16.5. The van der Waals surface area contributed by atoms with E-state index in [9.17, 15) is 0 Å². The summed E-state index contributed by atoms with van der Waals surface area (Å²) in [5.74, 6) is 2.58. The van der Waals surface area contributed by atoms with E-state index in [1.165, 1.54) is 25.7 Å². The zero-order chi connectivity index (χ0) is 15.2. The fourth-order valence-electron chi connectivity index (χ4n) is 1.76. The van der Waals surface area contributed by atoms with Crippen LogP contribution in [0.3, 0.4) is 0 Å². The fraction of sp³-hybridized carbons (Fsp3) is 0.556. The highest BCUT2D eigenvalue weighted by Crippen LogP contribution is 2.16. The first-order chi connectivity index (χ1) is 9.60. The maximum absolute atomic E-state index is 7.57. The van der Waals surface area contributed by atoms with E-state index in [1.807, 2.05) is 30.3 Å². The van der Waals surface area contributed by atoms with Crippen molar-refractivity contribution in [2.45, 2.75) is 52.9 Å². The van der Waals surface area contributed by atoms with Crippen LogP contribution in [0.4, 0.5) is 0 Å². The molecule has 1 rings (SSSR count). The highest BCUT2D eigenvalue weighted by Gasteiger charge is 1.99. The Balaban J connectivity index is 0.00000110. The molecular formula is C18H30O2. The maximum Gasteiger partial charge on any atom is 0.126 e. The number of unbranched alkanes of at least 4 members (excludes halogenated alkanes) is 2. The first-order valence-electron chi connectivity index (χ1n) is 7.61. The van der Waals surface area contributed by atoms with Crippen LogP contribution in [-0.4, -0.2) is 11.7 Å². The van der Waals surface area contributed by atoms with Gasteiger partial charge in [0, 0.05) is 13.0 Å². The smallest absolute Gasteiger partial charge is 0.126 e. The van der Waals surface area contributed by atoms with E-state index in [2.05, 4.69) is 20.4 Å². The van der Waals surface area contributed by atoms with Gasteiger partial charge in [-0.2, -0.15) is 0 Å². The van der Waals surface area contributed by atoms with Crippen LogP contribution in [0.2, 0.25) is 0 Å². The maximum atomic E-state index is 7.57. The van der Waals surface area contributed by atoms with Crippen molar-refractivity contribution in [3.63, 3.8) is 0 Å². The molecule has 2 heteroatoms. The number of hydrogen-bond donors (Lipinski definition) is 1. The summed E-state index contributed by atoms with van der Waals surface area (Å²) in [4.78, 5) is 0. The molecule has 2 nitrogen and oxygen atoms in total. The van der Waals surface area contributed by atoms with E-state index in [-0.39, 0.29) is 6.61 Å². The van der Waals surface area contributed by atoms with E-state index in [0.29, 0.717) is 0 Å². The Morgan fingerprint density at radius 3 is 2.30 bits per heavy atom. The molecule has 0 saturated heterocycles. The Labute approximate surface area is 124 Å². The lowest BCUT2D eigenvalue weighted by Crippen LogP contribution is -1.94. The van der Waals surface area contributed by atoms with Crippen molar-refractivity contribution in [3.05, 3.63) is 42.7 Å². The number of para-hydroxylation sites is 1. The second kappa shape index (κ2) is 12.7. The van der Waals surface area contributed by atoms with Gasteiger partial charge >= 0.3 is 0 Å². The topological polar surface area (TPSA) is 29.5 Å². The Kier molecular flexibility index (Phi) is 11.9. The number of hydrogen-bond acceptors (Lipinski definition) is 2. The number of ether oxygens (including phenoxy) is 1. The van der Waals surface area contributed by atoms with E-state index < -0.39 is 0 Å². The van der Waals surface area contributed by atoms with Gasteiger partial charge in [-0.3, -0.25) is 0 Å². The van der Waals surface area contributed by atoms with Gasteiger partial charge in [0.05, 0.1) is 5.76 Å². The molecule has 0 aliphatic carbocycles. The summed E-state index contributed by atoms with van der Waals surface area (Å²) in [6.07, 6.45) is 6.06. The third-order valence-electron chi connectivity index (χ3n) is 2.74. The lowest BCUT2D eigenvalue weighted by molar-refractivity contribution is 0.318. The van der Waals surface area contributed by atoms with Crippen LogP contribution in [0.5, 0.6) is 5.75 Å². The second-order valence-corrected chi connectivity index (χ2v) is 5.26. The van der Waals surface area contributed by atoms with E-state index >= 15 is 0 Å². The fourth-order valence-corrected chi connectivity index (χ4v) is 1.76. The van der Waals surface area contributed by atoms with Gasteiger partial charge in [-0.05, 0) is 31.4 Å². The van der Waals surface area contributed by atoms with E-state index in [0.717, 1.165) is 23.8 Å². The average molecular weight is 278 g/mol. The minimum atomic E-state index is 0.250. The molecule has 114 valence electrons. The van der Waals surface area contributed by atoms with Crippen molar-refractivity contribution in [1.82, 2.24) is 0 Å². The van der Waals surface area contributed by atoms with E-state index in [1.54, 1.807) is 6.92 Å². The average Bonchev–Trinajstić information content (AvgIpc) is 2.40. The largest absolute Gasteiger partial charge is 0.462 e. The highest BCUT2D eigenvalue weighted by molar-refractivity contribution is 5.22. The van der Waals surface area contributed by atoms with Crippen molar-refractivity contribution < 1.29 is 9.84 Å². The molecule has 0 heterocycles. The minimum Gasteiger partial charge on any atom is -0.462 e. The number of rotatable bonds is 8. The molecule has 0 amide bonds. The van der Waals surface area contributed by atoms with Gasteiger partial charge in [-0.25, -0.2) is 0 Å². The molecule has 0 spiro atoms. The van der Waals surface area contributed by atoms with Crippen molar-refractivity contribution in [3.8, 4) is 5.75 Å². The van der Waals surface area contributed by atoms with Crippen LogP contribution >= 0.6 is 0 Å². The lowest BCUT2D eigenvalue weighted by atomic mass is 10.0.